The topological polar surface area (TPSA) is 73.6 Å². The van der Waals surface area contributed by atoms with Gasteiger partial charge in [0.1, 0.15) is 0 Å². The monoisotopic (exact) mass is 238 g/mol. The third-order valence-electron chi connectivity index (χ3n) is 2.15. The van der Waals surface area contributed by atoms with Crippen molar-refractivity contribution in [2.45, 2.75) is 13.3 Å². The molecule has 0 aromatic carbocycles. The summed E-state index contributed by atoms with van der Waals surface area (Å²) >= 11 is 5.84. The van der Waals surface area contributed by atoms with Crippen molar-refractivity contribution < 1.29 is 4.79 Å². The van der Waals surface area contributed by atoms with Gasteiger partial charge in [-0.3, -0.25) is 4.79 Å². The average molecular weight is 239 g/mol. The van der Waals surface area contributed by atoms with Crippen LogP contribution in [-0.4, -0.2) is 20.9 Å². The van der Waals surface area contributed by atoms with Gasteiger partial charge < -0.3 is 15.3 Å². The Kier molecular flexibility index (Phi) is 2.96. The van der Waals surface area contributed by atoms with Gasteiger partial charge >= 0.3 is 0 Å². The third kappa shape index (κ3) is 2.09. The molecule has 0 aliphatic carbocycles. The number of rotatable bonds is 3. The van der Waals surface area contributed by atoms with E-state index in [0.29, 0.717) is 17.3 Å². The fourth-order valence-corrected chi connectivity index (χ4v) is 1.59. The van der Waals surface area contributed by atoms with Crippen LogP contribution in [0.4, 0.5) is 5.69 Å². The molecule has 2 rings (SSSR count). The van der Waals surface area contributed by atoms with E-state index in [-0.39, 0.29) is 11.7 Å². The highest BCUT2D eigenvalue weighted by atomic mass is 35.5. The van der Waals surface area contributed by atoms with Gasteiger partial charge in [0, 0.05) is 12.4 Å². The van der Waals surface area contributed by atoms with Gasteiger partial charge in [-0.05, 0) is 12.5 Å². The highest BCUT2D eigenvalue weighted by Crippen LogP contribution is 2.14. The van der Waals surface area contributed by atoms with E-state index in [1.54, 1.807) is 18.5 Å². The summed E-state index contributed by atoms with van der Waals surface area (Å²) in [7, 11) is 0. The molecule has 84 valence electrons. The van der Waals surface area contributed by atoms with Crippen molar-refractivity contribution >= 4 is 23.2 Å². The maximum Gasteiger partial charge on any atom is 0.291 e. The number of nitrogens with zero attached hydrogens (tertiary/aromatic N) is 1. The summed E-state index contributed by atoms with van der Waals surface area (Å²) in [6.45, 7) is 1.94. The van der Waals surface area contributed by atoms with E-state index < -0.39 is 0 Å². The van der Waals surface area contributed by atoms with Crippen LogP contribution in [0.25, 0.3) is 0 Å². The molecule has 16 heavy (non-hydrogen) atoms. The van der Waals surface area contributed by atoms with Gasteiger partial charge in [0.05, 0.1) is 11.4 Å². The Morgan fingerprint density at radius 3 is 3.00 bits per heavy atom. The lowest BCUT2D eigenvalue weighted by molar-refractivity contribution is 0.101. The first-order chi connectivity index (χ1) is 7.70. The highest BCUT2D eigenvalue weighted by Gasteiger charge is 2.13. The molecule has 5 nitrogen and oxygen atoms in total. The molecule has 0 radical (unpaired) electrons. The second-order valence-corrected chi connectivity index (χ2v) is 3.62. The zero-order chi connectivity index (χ0) is 11.5. The summed E-state index contributed by atoms with van der Waals surface area (Å²) in [5.74, 6) is -0.0794. The second kappa shape index (κ2) is 4.40. The average Bonchev–Trinajstić information content (AvgIpc) is 2.87. The summed E-state index contributed by atoms with van der Waals surface area (Å²) in [4.78, 5) is 21.4. The van der Waals surface area contributed by atoms with Gasteiger partial charge in [0.25, 0.3) is 5.91 Å². The molecule has 0 saturated carbocycles. The Hall–Kier alpha value is -1.75. The Morgan fingerprint density at radius 1 is 1.62 bits per heavy atom. The Bertz CT molecular complexity index is 489. The fraction of sp³-hybridized carbons (Fsp3) is 0.200. The summed E-state index contributed by atoms with van der Waals surface area (Å²) in [6.07, 6.45) is 4.12. The van der Waals surface area contributed by atoms with Gasteiger partial charge in [0.2, 0.25) is 0 Å². The molecule has 0 aliphatic heterocycles. The fourth-order valence-electron chi connectivity index (χ4n) is 1.32. The lowest BCUT2D eigenvalue weighted by atomic mass is 10.4. The van der Waals surface area contributed by atoms with Gasteiger partial charge in [-0.15, -0.1) is 0 Å². The molecule has 1 amide bonds. The van der Waals surface area contributed by atoms with Crippen molar-refractivity contribution in [3.8, 4) is 0 Å². The van der Waals surface area contributed by atoms with Crippen molar-refractivity contribution in [1.82, 2.24) is 15.0 Å². The summed E-state index contributed by atoms with van der Waals surface area (Å²) < 4.78 is 0. The van der Waals surface area contributed by atoms with E-state index in [1.165, 1.54) is 0 Å². The number of carbonyl (C=O) groups excluding carboxylic acids is 1. The maximum atomic E-state index is 11.7. The number of hydrogen-bond acceptors (Lipinski definition) is 2. The number of aromatic nitrogens is 3. The quantitative estimate of drug-likeness (QED) is 0.767. The van der Waals surface area contributed by atoms with Crippen molar-refractivity contribution in [1.29, 1.82) is 0 Å². The lowest BCUT2D eigenvalue weighted by Crippen LogP contribution is -2.13. The summed E-state index contributed by atoms with van der Waals surface area (Å²) in [5, 5.41) is 3.03. The summed E-state index contributed by atoms with van der Waals surface area (Å²) in [6, 6.07) is 1.75. The highest BCUT2D eigenvalue weighted by molar-refractivity contribution is 6.30. The van der Waals surface area contributed by atoms with E-state index in [4.69, 9.17) is 11.6 Å². The number of hydrogen-bond donors (Lipinski definition) is 3. The number of imidazole rings is 1. The molecule has 6 heteroatoms. The zero-order valence-electron chi connectivity index (χ0n) is 8.67. The van der Waals surface area contributed by atoms with Crippen molar-refractivity contribution in [3.05, 3.63) is 35.1 Å². The molecular weight excluding hydrogens is 228 g/mol. The van der Waals surface area contributed by atoms with E-state index in [1.807, 2.05) is 6.92 Å². The first kappa shape index (κ1) is 10.8. The zero-order valence-corrected chi connectivity index (χ0v) is 9.43. The number of aromatic amines is 2. The molecule has 2 heterocycles. The van der Waals surface area contributed by atoms with Crippen LogP contribution in [-0.2, 0) is 6.42 Å². The first-order valence-electron chi connectivity index (χ1n) is 4.89. The van der Waals surface area contributed by atoms with Gasteiger partial charge in [0.15, 0.2) is 11.0 Å². The van der Waals surface area contributed by atoms with Crippen LogP contribution in [0.15, 0.2) is 18.5 Å². The van der Waals surface area contributed by atoms with Crippen LogP contribution >= 0.6 is 11.6 Å². The van der Waals surface area contributed by atoms with Crippen molar-refractivity contribution in [3.63, 3.8) is 0 Å². The molecule has 2 aromatic rings. The number of carbonyl (C=O) groups is 1. The second-order valence-electron chi connectivity index (χ2n) is 3.26. The molecule has 0 saturated heterocycles. The molecule has 3 N–H and O–H groups in total. The summed E-state index contributed by atoms with van der Waals surface area (Å²) in [5.41, 5.74) is 1.46. The first-order valence-corrected chi connectivity index (χ1v) is 5.27. The number of anilines is 1. The number of aryl methyl sites for hydroxylation is 1. The van der Waals surface area contributed by atoms with Crippen molar-refractivity contribution in [2.24, 2.45) is 0 Å². The van der Waals surface area contributed by atoms with E-state index in [9.17, 15) is 4.79 Å². The number of halogens is 1. The minimum absolute atomic E-state index is 0.225. The van der Waals surface area contributed by atoms with Crippen LogP contribution in [0.1, 0.15) is 23.2 Å². The number of amides is 1. The minimum Gasteiger partial charge on any atom is -0.366 e. The Labute approximate surface area is 97.2 Å². The predicted octanol–water partition coefficient (Wildman–Crippen LogP) is 2.21. The third-order valence-corrected chi connectivity index (χ3v) is 2.47. The molecule has 0 atom stereocenters. The predicted molar refractivity (Wildman–Crippen MR) is 61.7 cm³/mol. The molecule has 0 bridgehead atoms. The van der Waals surface area contributed by atoms with Crippen LogP contribution in [0.2, 0.25) is 5.15 Å². The van der Waals surface area contributed by atoms with Crippen LogP contribution in [0.3, 0.4) is 0 Å². The van der Waals surface area contributed by atoms with E-state index in [2.05, 4.69) is 20.3 Å². The van der Waals surface area contributed by atoms with Gasteiger partial charge in [-0.1, -0.05) is 18.5 Å². The molecule has 0 fully saturated rings. The molecule has 0 spiro atoms. The lowest BCUT2D eigenvalue weighted by Gasteiger charge is -1.98. The van der Waals surface area contributed by atoms with Crippen LogP contribution < -0.4 is 5.32 Å². The standard InChI is InChI=1S/C10H11ClN4O/c1-2-7-8(11)15-9(14-7)10(16)13-6-3-4-12-5-6/h3-5,12H,2H2,1H3,(H,13,16)(H,14,15). The van der Waals surface area contributed by atoms with Gasteiger partial charge in [-0.25, -0.2) is 4.98 Å². The van der Waals surface area contributed by atoms with Crippen LogP contribution in [0, 0.1) is 0 Å². The molecule has 0 unspecified atom stereocenters. The molecule has 2 aromatic heterocycles. The van der Waals surface area contributed by atoms with E-state index in [0.717, 1.165) is 5.69 Å². The SMILES string of the molecule is CCc1[nH]c(C(=O)Nc2cc[nH]c2)nc1Cl. The normalized spacial score (nSPS) is 10.4. The van der Waals surface area contributed by atoms with Crippen LogP contribution in [0.5, 0.6) is 0 Å². The smallest absolute Gasteiger partial charge is 0.291 e. The largest absolute Gasteiger partial charge is 0.366 e. The minimum atomic E-state index is -0.304. The van der Waals surface area contributed by atoms with E-state index >= 15 is 0 Å². The molecular formula is C10H11ClN4O. The van der Waals surface area contributed by atoms with Crippen molar-refractivity contribution in [2.75, 3.05) is 5.32 Å². The Balaban J connectivity index is 2.15. The molecule has 0 aliphatic rings. The van der Waals surface area contributed by atoms with Gasteiger partial charge in [-0.2, -0.15) is 0 Å². The maximum absolute atomic E-state index is 11.7. The number of H-pyrrole nitrogens is 2. The Morgan fingerprint density at radius 2 is 2.44 bits per heavy atom. The number of nitrogens with one attached hydrogen (secondary N) is 3.